The molecule has 0 aliphatic heterocycles. The number of aromatic nitrogens is 12. The van der Waals surface area contributed by atoms with Crippen LogP contribution in [0, 0.1) is 22.7 Å². The average molecular weight is 1180 g/mol. The van der Waals surface area contributed by atoms with Crippen LogP contribution < -0.4 is 0 Å². The van der Waals surface area contributed by atoms with E-state index in [0.717, 1.165) is 53.8 Å². The molecule has 75 heavy (non-hydrogen) atoms. The van der Waals surface area contributed by atoms with Gasteiger partial charge in [0.05, 0.1) is 67.4 Å². The van der Waals surface area contributed by atoms with Crippen LogP contribution in [0.3, 0.4) is 0 Å². The SMILES string of the molecule is CC#N.CC#N.F[P-](F)(F)(F)(F)F.F[P-](F)(F)(F)(F)F.[Ru+2].c1ccc(Cn2cc(-c3ccccn3)nn2)cc1.c1ccc(Cn2cc(-c3ccccn3)nn2)cc1.c1ccc(Cn2cc(-c3ccccn3)nn2)cc1. The van der Waals surface area contributed by atoms with E-state index in [2.05, 4.69) is 82.3 Å². The normalized spacial score (nSPS) is 12.1. The van der Waals surface area contributed by atoms with Gasteiger partial charge in [0, 0.05) is 32.4 Å². The molecule has 0 atom stereocenters. The molecule has 9 rings (SSSR count). The van der Waals surface area contributed by atoms with E-state index in [1.807, 2.05) is 142 Å². The summed E-state index contributed by atoms with van der Waals surface area (Å²) >= 11 is 0. The minimum absolute atomic E-state index is 0. The molecule has 0 spiro atoms. The first-order chi connectivity index (χ1) is 34.5. The van der Waals surface area contributed by atoms with E-state index >= 15 is 0 Å². The summed E-state index contributed by atoms with van der Waals surface area (Å²) in [4.78, 5) is 12.8. The first kappa shape index (κ1) is 63.3. The number of rotatable bonds is 9. The largest absolute Gasteiger partial charge is 2.00 e. The molecule has 398 valence electrons. The fourth-order valence-electron chi connectivity index (χ4n) is 5.33. The van der Waals surface area contributed by atoms with Crippen LogP contribution >= 0.6 is 15.6 Å². The molecule has 0 unspecified atom stereocenters. The number of halogens is 12. The Balaban J connectivity index is 0.000000325. The minimum Gasteiger partial charge on any atom is -0.254 e. The molecule has 0 saturated carbocycles. The van der Waals surface area contributed by atoms with Crippen LogP contribution in [0.5, 0.6) is 0 Å². The summed E-state index contributed by atoms with van der Waals surface area (Å²) < 4.78 is 124. The fourth-order valence-corrected chi connectivity index (χ4v) is 5.33. The Morgan fingerprint density at radius 1 is 0.360 bits per heavy atom. The predicted molar refractivity (Wildman–Crippen MR) is 256 cm³/mol. The zero-order valence-corrected chi connectivity index (χ0v) is 42.5. The van der Waals surface area contributed by atoms with Gasteiger partial charge in [-0.3, -0.25) is 15.0 Å². The molecule has 0 aliphatic rings. The minimum atomic E-state index is -10.7. The van der Waals surface area contributed by atoms with E-state index in [1.165, 1.54) is 30.5 Å². The molecular formula is C46H42F12N14P2Ru. The van der Waals surface area contributed by atoms with Crippen LogP contribution in [-0.2, 0) is 39.1 Å². The molecule has 0 radical (unpaired) electrons. The van der Waals surface area contributed by atoms with Crippen molar-refractivity contribution < 1.29 is 69.8 Å². The Morgan fingerprint density at radius 2 is 0.560 bits per heavy atom. The zero-order chi connectivity index (χ0) is 54.9. The summed E-state index contributed by atoms with van der Waals surface area (Å²) in [6.45, 7) is 5.03. The average Bonchev–Trinajstić information content (AvgIpc) is 4.13. The van der Waals surface area contributed by atoms with Gasteiger partial charge in [-0.2, -0.15) is 10.5 Å². The Morgan fingerprint density at radius 3 is 0.747 bits per heavy atom. The van der Waals surface area contributed by atoms with Crippen molar-refractivity contribution in [3.63, 3.8) is 0 Å². The van der Waals surface area contributed by atoms with Gasteiger partial charge >= 0.3 is 85.5 Å². The Kier molecular flexibility index (Phi) is 22.7. The number of hydrogen-bond acceptors (Lipinski definition) is 11. The Bertz CT molecular complexity index is 2780. The van der Waals surface area contributed by atoms with Gasteiger partial charge in [0.25, 0.3) is 0 Å². The second-order valence-corrected chi connectivity index (χ2v) is 18.2. The standard InChI is InChI=1S/3C14H12N4.2C2H3N.2F6P.Ru/c3*1-2-6-12(7-3-1)10-18-11-14(16-17-18)13-8-4-5-9-15-13;2*1-2-3;2*1-7(2,3,4,5)6;/h3*1-9,11H,10H2;2*1H3;;;/q;;;;;2*-1;+2. The molecule has 0 aliphatic carbocycles. The maximum atomic E-state index is 9.87. The van der Waals surface area contributed by atoms with Gasteiger partial charge in [0.1, 0.15) is 17.1 Å². The maximum absolute atomic E-state index is 10.7. The van der Waals surface area contributed by atoms with Crippen molar-refractivity contribution in [2.24, 2.45) is 0 Å². The molecular weight excluding hydrogens is 1140 g/mol. The Labute approximate surface area is 433 Å². The van der Waals surface area contributed by atoms with Crippen LogP contribution in [0.15, 0.2) is 183 Å². The van der Waals surface area contributed by atoms with Crippen LogP contribution in [0.2, 0.25) is 0 Å². The summed E-state index contributed by atoms with van der Waals surface area (Å²) in [7, 11) is -21.3. The van der Waals surface area contributed by atoms with E-state index in [9.17, 15) is 50.4 Å². The van der Waals surface area contributed by atoms with E-state index in [-0.39, 0.29) is 19.5 Å². The van der Waals surface area contributed by atoms with Crippen molar-refractivity contribution in [3.05, 3.63) is 199 Å². The van der Waals surface area contributed by atoms with Crippen molar-refractivity contribution >= 4 is 15.6 Å². The quantitative estimate of drug-likeness (QED) is 0.0763. The van der Waals surface area contributed by atoms with Crippen LogP contribution in [-0.4, -0.2) is 59.9 Å². The van der Waals surface area contributed by atoms with Crippen molar-refractivity contribution in [3.8, 4) is 46.3 Å². The van der Waals surface area contributed by atoms with Gasteiger partial charge < -0.3 is 0 Å². The summed E-state index contributed by atoms with van der Waals surface area (Å²) in [5.74, 6) is 0. The molecule has 0 fully saturated rings. The van der Waals surface area contributed by atoms with Gasteiger partial charge in [0.15, 0.2) is 0 Å². The Hall–Kier alpha value is -7.85. The molecule has 3 aromatic carbocycles. The number of benzene rings is 3. The van der Waals surface area contributed by atoms with Crippen LogP contribution in [0.4, 0.5) is 50.4 Å². The monoisotopic (exact) mass is 1180 g/mol. The van der Waals surface area contributed by atoms with Crippen LogP contribution in [0.1, 0.15) is 30.5 Å². The molecule has 0 saturated heterocycles. The first-order valence-corrected chi connectivity index (χ1v) is 24.8. The predicted octanol–water partition coefficient (Wildman–Crippen LogP) is 15.0. The third-order valence-electron chi connectivity index (χ3n) is 7.96. The molecule has 0 N–H and O–H groups in total. The third-order valence-corrected chi connectivity index (χ3v) is 7.96. The third kappa shape index (κ3) is 32.8. The van der Waals surface area contributed by atoms with Crippen molar-refractivity contribution in [2.45, 2.75) is 33.5 Å². The molecule has 6 heterocycles. The van der Waals surface area contributed by atoms with Crippen molar-refractivity contribution in [1.29, 1.82) is 10.5 Å². The molecule has 0 amide bonds. The van der Waals surface area contributed by atoms with E-state index in [0.29, 0.717) is 0 Å². The number of nitriles is 2. The van der Waals surface area contributed by atoms with Gasteiger partial charge in [-0.1, -0.05) is 125 Å². The topological polar surface area (TPSA) is 178 Å². The van der Waals surface area contributed by atoms with E-state index in [4.69, 9.17) is 10.5 Å². The van der Waals surface area contributed by atoms with Gasteiger partial charge in [-0.15, -0.1) is 15.3 Å². The smallest absolute Gasteiger partial charge is 0.254 e. The van der Waals surface area contributed by atoms with Crippen molar-refractivity contribution in [2.75, 3.05) is 0 Å². The van der Waals surface area contributed by atoms with Gasteiger partial charge in [0.2, 0.25) is 0 Å². The fraction of sp³-hybridized carbons (Fsp3) is 0.109. The van der Waals surface area contributed by atoms with Crippen molar-refractivity contribution in [1.82, 2.24) is 59.9 Å². The van der Waals surface area contributed by atoms with Crippen LogP contribution in [0.25, 0.3) is 34.2 Å². The van der Waals surface area contributed by atoms with E-state index in [1.54, 1.807) is 30.7 Å². The molecule has 14 nitrogen and oxygen atoms in total. The zero-order valence-electron chi connectivity index (χ0n) is 39.0. The number of nitrogens with zero attached hydrogens (tertiary/aromatic N) is 14. The second-order valence-electron chi connectivity index (χ2n) is 14.4. The molecule has 6 aromatic heterocycles. The van der Waals surface area contributed by atoms with E-state index < -0.39 is 15.6 Å². The summed E-state index contributed by atoms with van der Waals surface area (Å²) in [5, 5.41) is 39.4. The molecule has 9 aromatic rings. The number of pyridine rings is 3. The van der Waals surface area contributed by atoms with Gasteiger partial charge in [-0.05, 0) is 53.1 Å². The second kappa shape index (κ2) is 26.9. The number of hydrogen-bond donors (Lipinski definition) is 0. The first-order valence-electron chi connectivity index (χ1n) is 20.8. The maximum Gasteiger partial charge on any atom is 2.00 e. The summed E-state index contributed by atoms with van der Waals surface area (Å²) in [6.07, 6.45) is 11.0. The molecule has 0 bridgehead atoms. The van der Waals surface area contributed by atoms with Gasteiger partial charge in [-0.25, -0.2) is 14.0 Å². The molecule has 29 heteroatoms. The summed E-state index contributed by atoms with van der Waals surface area (Å²) in [5.41, 5.74) is 8.54. The summed E-state index contributed by atoms with van der Waals surface area (Å²) in [6, 6.07) is 51.3.